The fourth-order valence-electron chi connectivity index (χ4n) is 2.71. The van der Waals surface area contributed by atoms with Crippen LogP contribution in [-0.4, -0.2) is 58.4 Å². The molecule has 0 heterocycles. The first kappa shape index (κ1) is 27.3. The maximum absolute atomic E-state index is 12.2. The second-order valence-electron chi connectivity index (χ2n) is 6.74. The summed E-state index contributed by atoms with van der Waals surface area (Å²) in [6.07, 6.45) is -0.114. The van der Waals surface area contributed by atoms with Crippen LogP contribution in [0.3, 0.4) is 0 Å². The Morgan fingerprint density at radius 1 is 0.938 bits per heavy atom. The predicted molar refractivity (Wildman–Crippen MR) is 138 cm³/mol. The summed E-state index contributed by atoms with van der Waals surface area (Å²) < 4.78 is 16.2. The highest BCUT2D eigenvalue weighted by molar-refractivity contribution is 14.0. The van der Waals surface area contributed by atoms with Crippen molar-refractivity contribution >= 4 is 35.8 Å². The molecule has 0 aliphatic rings. The smallest absolute Gasteiger partial charge is 0.251 e. The molecule has 2 rings (SSSR count). The monoisotopic (exact) mass is 556 g/mol. The number of nitrogens with zero attached hydrogens (tertiary/aromatic N) is 1. The molecule has 0 aliphatic carbocycles. The molecule has 0 aliphatic heterocycles. The van der Waals surface area contributed by atoms with Gasteiger partial charge in [0.1, 0.15) is 23.4 Å². The number of rotatable bonds is 11. The summed E-state index contributed by atoms with van der Waals surface area (Å²) in [5, 5.41) is 9.28. The van der Waals surface area contributed by atoms with E-state index in [2.05, 4.69) is 20.9 Å². The fourth-order valence-corrected chi connectivity index (χ4v) is 2.71. The van der Waals surface area contributed by atoms with E-state index in [9.17, 15) is 4.79 Å². The molecular formula is C23H33IN4O4. The van der Waals surface area contributed by atoms with E-state index in [-0.39, 0.29) is 36.0 Å². The number of guanidine groups is 1. The molecular weight excluding hydrogens is 523 g/mol. The third-order valence-electron chi connectivity index (χ3n) is 4.28. The van der Waals surface area contributed by atoms with Crippen LogP contribution in [0.2, 0.25) is 0 Å². The number of benzene rings is 2. The zero-order chi connectivity index (χ0) is 22.5. The van der Waals surface area contributed by atoms with Crippen LogP contribution in [0.4, 0.5) is 0 Å². The van der Waals surface area contributed by atoms with E-state index < -0.39 is 0 Å². The summed E-state index contributed by atoms with van der Waals surface area (Å²) in [7, 11) is 3.22. The van der Waals surface area contributed by atoms with Crippen LogP contribution >= 0.6 is 24.0 Å². The summed E-state index contributed by atoms with van der Waals surface area (Å²) in [4.78, 5) is 16.8. The lowest BCUT2D eigenvalue weighted by atomic mass is 10.2. The molecule has 3 N–H and O–H groups in total. The van der Waals surface area contributed by atoms with Crippen molar-refractivity contribution in [2.75, 3.05) is 40.4 Å². The van der Waals surface area contributed by atoms with Crippen molar-refractivity contribution in [2.45, 2.75) is 20.0 Å². The molecule has 1 atom stereocenters. The number of aliphatic imine (C=N–C) groups is 1. The van der Waals surface area contributed by atoms with Crippen LogP contribution in [0.15, 0.2) is 53.5 Å². The van der Waals surface area contributed by atoms with Gasteiger partial charge in [-0.25, -0.2) is 4.99 Å². The SMILES string of the molecule is CCNC(=NCC(C)Oc1cccc(OC)c1)NCCNC(=O)c1ccc(OC)cc1.I. The Bertz CT molecular complexity index is 846. The van der Waals surface area contributed by atoms with Crippen molar-refractivity contribution < 1.29 is 19.0 Å². The standard InChI is InChI=1S/C23H32N4O4.HI/c1-5-24-23(27-16-17(2)31-21-8-6-7-20(15-21)30-4)26-14-13-25-22(28)18-9-11-19(29-3)12-10-18;/h6-12,15,17H,5,13-14,16H2,1-4H3,(H,25,28)(H2,24,26,27);1H. The number of ether oxygens (including phenoxy) is 3. The fraction of sp³-hybridized carbons (Fsp3) is 0.391. The molecule has 0 bridgehead atoms. The van der Waals surface area contributed by atoms with Crippen LogP contribution in [0.25, 0.3) is 0 Å². The van der Waals surface area contributed by atoms with Gasteiger partial charge in [-0.2, -0.15) is 0 Å². The minimum absolute atomic E-state index is 0. The Hall–Kier alpha value is -2.69. The lowest BCUT2D eigenvalue weighted by molar-refractivity contribution is 0.0954. The van der Waals surface area contributed by atoms with E-state index >= 15 is 0 Å². The molecule has 1 unspecified atom stereocenters. The van der Waals surface area contributed by atoms with Crippen LogP contribution < -0.4 is 30.2 Å². The summed E-state index contributed by atoms with van der Waals surface area (Å²) >= 11 is 0. The summed E-state index contributed by atoms with van der Waals surface area (Å²) in [6, 6.07) is 14.5. The summed E-state index contributed by atoms with van der Waals surface area (Å²) in [6.45, 7) is 6.17. The molecule has 0 spiro atoms. The van der Waals surface area contributed by atoms with Crippen molar-refractivity contribution in [3.63, 3.8) is 0 Å². The molecule has 9 heteroatoms. The van der Waals surface area contributed by atoms with Gasteiger partial charge in [-0.1, -0.05) is 6.07 Å². The van der Waals surface area contributed by atoms with Crippen molar-refractivity contribution in [2.24, 2.45) is 4.99 Å². The highest BCUT2D eigenvalue weighted by atomic mass is 127. The van der Waals surface area contributed by atoms with Gasteiger partial charge >= 0.3 is 0 Å². The molecule has 0 saturated heterocycles. The Labute approximate surface area is 207 Å². The Morgan fingerprint density at radius 3 is 2.25 bits per heavy atom. The lowest BCUT2D eigenvalue weighted by Crippen LogP contribution is -2.42. The van der Waals surface area contributed by atoms with Gasteiger partial charge in [0.15, 0.2) is 5.96 Å². The number of hydrogen-bond acceptors (Lipinski definition) is 5. The number of carbonyl (C=O) groups excluding carboxylic acids is 1. The van der Waals surface area contributed by atoms with Gasteiger partial charge in [-0.3, -0.25) is 4.79 Å². The molecule has 8 nitrogen and oxygen atoms in total. The maximum Gasteiger partial charge on any atom is 0.251 e. The quantitative estimate of drug-likeness (QED) is 0.171. The number of amides is 1. The molecule has 0 aromatic heterocycles. The van der Waals surface area contributed by atoms with Gasteiger partial charge in [-0.05, 0) is 50.2 Å². The van der Waals surface area contributed by atoms with E-state index in [1.807, 2.05) is 38.1 Å². The molecule has 1 amide bonds. The second-order valence-corrected chi connectivity index (χ2v) is 6.74. The molecule has 0 saturated carbocycles. The van der Waals surface area contributed by atoms with Crippen LogP contribution in [0.1, 0.15) is 24.2 Å². The Kier molecular flexibility index (Phi) is 13.0. The van der Waals surface area contributed by atoms with E-state index in [4.69, 9.17) is 14.2 Å². The molecule has 0 fully saturated rings. The van der Waals surface area contributed by atoms with Crippen molar-refractivity contribution in [3.05, 3.63) is 54.1 Å². The Balaban J connectivity index is 0.00000512. The third-order valence-corrected chi connectivity index (χ3v) is 4.28. The van der Waals surface area contributed by atoms with Crippen molar-refractivity contribution in [1.29, 1.82) is 0 Å². The molecule has 176 valence electrons. The highest BCUT2D eigenvalue weighted by Gasteiger charge is 2.07. The predicted octanol–water partition coefficient (Wildman–Crippen LogP) is 3.07. The normalized spacial score (nSPS) is 11.6. The van der Waals surface area contributed by atoms with Gasteiger partial charge in [-0.15, -0.1) is 24.0 Å². The van der Waals surface area contributed by atoms with E-state index in [0.717, 1.165) is 18.0 Å². The maximum atomic E-state index is 12.2. The first-order valence-electron chi connectivity index (χ1n) is 10.3. The van der Waals surface area contributed by atoms with Gasteiger partial charge in [0.2, 0.25) is 0 Å². The number of carbonyl (C=O) groups is 1. The molecule has 32 heavy (non-hydrogen) atoms. The van der Waals surface area contributed by atoms with E-state index in [0.29, 0.717) is 36.9 Å². The second kappa shape index (κ2) is 15.2. The molecule has 2 aromatic rings. The molecule has 2 aromatic carbocycles. The first-order valence-corrected chi connectivity index (χ1v) is 10.3. The number of halogens is 1. The third kappa shape index (κ3) is 9.63. The summed E-state index contributed by atoms with van der Waals surface area (Å²) in [5.41, 5.74) is 0.588. The lowest BCUT2D eigenvalue weighted by Gasteiger charge is -2.16. The first-order chi connectivity index (χ1) is 15.0. The zero-order valence-corrected chi connectivity index (χ0v) is 21.3. The largest absolute Gasteiger partial charge is 0.497 e. The Morgan fingerprint density at radius 2 is 1.59 bits per heavy atom. The van der Waals surface area contributed by atoms with E-state index in [1.165, 1.54) is 0 Å². The number of methoxy groups -OCH3 is 2. The average Bonchev–Trinajstić information content (AvgIpc) is 2.80. The highest BCUT2D eigenvalue weighted by Crippen LogP contribution is 2.19. The van der Waals surface area contributed by atoms with Crippen LogP contribution in [0.5, 0.6) is 17.2 Å². The van der Waals surface area contributed by atoms with Gasteiger partial charge < -0.3 is 30.2 Å². The van der Waals surface area contributed by atoms with Crippen molar-refractivity contribution in [3.8, 4) is 17.2 Å². The van der Waals surface area contributed by atoms with Gasteiger partial charge in [0, 0.05) is 31.3 Å². The van der Waals surface area contributed by atoms with Gasteiger partial charge in [0.25, 0.3) is 5.91 Å². The minimum Gasteiger partial charge on any atom is -0.497 e. The van der Waals surface area contributed by atoms with Crippen molar-refractivity contribution in [1.82, 2.24) is 16.0 Å². The minimum atomic E-state index is -0.133. The van der Waals surface area contributed by atoms with E-state index in [1.54, 1.807) is 38.5 Å². The molecule has 0 radical (unpaired) electrons. The topological polar surface area (TPSA) is 93.2 Å². The number of hydrogen-bond donors (Lipinski definition) is 3. The van der Waals surface area contributed by atoms with Gasteiger partial charge in [0.05, 0.1) is 20.8 Å². The van der Waals surface area contributed by atoms with Crippen LogP contribution in [0, 0.1) is 0 Å². The number of nitrogens with one attached hydrogen (secondary N) is 3. The zero-order valence-electron chi connectivity index (χ0n) is 19.0. The van der Waals surface area contributed by atoms with Crippen LogP contribution in [-0.2, 0) is 0 Å². The summed E-state index contributed by atoms with van der Waals surface area (Å²) in [5.74, 6) is 2.74. The average molecular weight is 556 g/mol.